The second-order valence-corrected chi connectivity index (χ2v) is 4.96. The van der Waals surface area contributed by atoms with Gasteiger partial charge in [0.2, 0.25) is 11.8 Å². The van der Waals surface area contributed by atoms with Crippen molar-refractivity contribution >= 4 is 5.91 Å². The van der Waals surface area contributed by atoms with Crippen LogP contribution >= 0.6 is 0 Å². The summed E-state index contributed by atoms with van der Waals surface area (Å²) in [6.07, 6.45) is 6.79. The lowest BCUT2D eigenvalue weighted by atomic mass is 10.1. The third kappa shape index (κ3) is 3.56. The van der Waals surface area contributed by atoms with Crippen LogP contribution in [0.5, 0.6) is 5.88 Å². The van der Waals surface area contributed by atoms with Crippen molar-refractivity contribution in [3.05, 3.63) is 36.8 Å². The van der Waals surface area contributed by atoms with Crippen LogP contribution in [0, 0.1) is 0 Å². The minimum atomic E-state index is 0.0930. The van der Waals surface area contributed by atoms with Crippen LogP contribution in [-0.2, 0) is 11.3 Å². The maximum absolute atomic E-state index is 12.1. The van der Waals surface area contributed by atoms with Crippen molar-refractivity contribution in [3.8, 4) is 5.88 Å². The SMILES string of the molecule is O=C(Cn1cccn1)N1CCC(Oc2cccnn2)CC1. The van der Waals surface area contributed by atoms with Crippen molar-refractivity contribution in [1.29, 1.82) is 0 Å². The highest BCUT2D eigenvalue weighted by Gasteiger charge is 2.24. The summed E-state index contributed by atoms with van der Waals surface area (Å²) in [6.45, 7) is 1.69. The van der Waals surface area contributed by atoms with E-state index in [1.807, 2.05) is 11.0 Å². The van der Waals surface area contributed by atoms with E-state index in [9.17, 15) is 4.79 Å². The zero-order valence-corrected chi connectivity index (χ0v) is 11.6. The van der Waals surface area contributed by atoms with Crippen molar-refractivity contribution in [2.45, 2.75) is 25.5 Å². The molecule has 21 heavy (non-hydrogen) atoms. The van der Waals surface area contributed by atoms with E-state index in [2.05, 4.69) is 15.3 Å². The monoisotopic (exact) mass is 287 g/mol. The van der Waals surface area contributed by atoms with Crippen molar-refractivity contribution in [1.82, 2.24) is 24.9 Å². The predicted octanol–water partition coefficient (Wildman–Crippen LogP) is 0.743. The van der Waals surface area contributed by atoms with E-state index in [1.165, 1.54) is 0 Å². The Labute approximate surface area is 122 Å². The lowest BCUT2D eigenvalue weighted by Crippen LogP contribution is -2.43. The molecule has 0 saturated carbocycles. The van der Waals surface area contributed by atoms with Gasteiger partial charge in [0.05, 0.1) is 0 Å². The Morgan fingerprint density at radius 3 is 2.81 bits per heavy atom. The van der Waals surface area contributed by atoms with E-state index in [0.29, 0.717) is 25.5 Å². The molecule has 0 spiro atoms. The van der Waals surface area contributed by atoms with Crippen LogP contribution in [0.25, 0.3) is 0 Å². The van der Waals surface area contributed by atoms with E-state index in [1.54, 1.807) is 35.4 Å². The standard InChI is InChI=1S/C14H17N5O2/c20-14(11-19-8-2-7-16-19)18-9-4-12(5-10-18)21-13-3-1-6-15-17-13/h1-3,6-8,12H,4-5,9-11H2. The Morgan fingerprint density at radius 2 is 2.14 bits per heavy atom. The van der Waals surface area contributed by atoms with Crippen LogP contribution < -0.4 is 4.74 Å². The van der Waals surface area contributed by atoms with Gasteiger partial charge in [-0.05, 0) is 12.1 Å². The van der Waals surface area contributed by atoms with Gasteiger partial charge in [-0.2, -0.15) is 10.2 Å². The fourth-order valence-electron chi connectivity index (χ4n) is 2.38. The van der Waals surface area contributed by atoms with Gasteiger partial charge in [0, 0.05) is 50.6 Å². The largest absolute Gasteiger partial charge is 0.473 e. The molecule has 1 aliphatic rings. The number of rotatable bonds is 4. The van der Waals surface area contributed by atoms with Crippen LogP contribution in [0.3, 0.4) is 0 Å². The van der Waals surface area contributed by atoms with Gasteiger partial charge in [-0.15, -0.1) is 5.10 Å². The molecule has 0 aliphatic carbocycles. The molecule has 1 saturated heterocycles. The number of hydrogen-bond acceptors (Lipinski definition) is 5. The summed E-state index contributed by atoms with van der Waals surface area (Å²) < 4.78 is 7.40. The molecule has 1 fully saturated rings. The summed E-state index contributed by atoms with van der Waals surface area (Å²) in [4.78, 5) is 14.0. The van der Waals surface area contributed by atoms with Gasteiger partial charge in [-0.3, -0.25) is 9.48 Å². The molecule has 2 aromatic rings. The number of hydrogen-bond donors (Lipinski definition) is 0. The molecule has 2 aromatic heterocycles. The molecule has 1 aliphatic heterocycles. The van der Waals surface area contributed by atoms with Crippen LogP contribution in [0.4, 0.5) is 0 Å². The number of carbonyl (C=O) groups is 1. The number of likely N-dealkylation sites (tertiary alicyclic amines) is 1. The predicted molar refractivity (Wildman–Crippen MR) is 74.5 cm³/mol. The summed E-state index contributed by atoms with van der Waals surface area (Å²) in [5.74, 6) is 0.635. The third-order valence-corrected chi connectivity index (χ3v) is 3.49. The Bertz CT molecular complexity index is 564. The lowest BCUT2D eigenvalue weighted by molar-refractivity contribution is -0.133. The maximum atomic E-state index is 12.1. The maximum Gasteiger partial charge on any atom is 0.244 e. The summed E-state index contributed by atoms with van der Waals surface area (Å²) in [5.41, 5.74) is 0. The molecule has 7 heteroatoms. The average molecular weight is 287 g/mol. The smallest absolute Gasteiger partial charge is 0.244 e. The minimum absolute atomic E-state index is 0.0930. The van der Waals surface area contributed by atoms with Gasteiger partial charge in [0.25, 0.3) is 0 Å². The summed E-state index contributed by atoms with van der Waals surface area (Å²) in [7, 11) is 0. The lowest BCUT2D eigenvalue weighted by Gasteiger charge is -2.31. The Balaban J connectivity index is 1.47. The third-order valence-electron chi connectivity index (χ3n) is 3.49. The highest BCUT2D eigenvalue weighted by Crippen LogP contribution is 2.16. The van der Waals surface area contributed by atoms with Crippen molar-refractivity contribution in [2.75, 3.05) is 13.1 Å². The normalized spacial score (nSPS) is 15.9. The first-order valence-electron chi connectivity index (χ1n) is 7.01. The average Bonchev–Trinajstić information content (AvgIpc) is 3.02. The number of nitrogens with zero attached hydrogens (tertiary/aromatic N) is 5. The Hall–Kier alpha value is -2.44. The number of amides is 1. The zero-order valence-electron chi connectivity index (χ0n) is 11.6. The first-order chi connectivity index (χ1) is 10.3. The molecule has 3 rings (SSSR count). The first-order valence-corrected chi connectivity index (χ1v) is 7.01. The molecule has 0 radical (unpaired) electrons. The molecule has 1 amide bonds. The van der Waals surface area contributed by atoms with Gasteiger partial charge >= 0.3 is 0 Å². The van der Waals surface area contributed by atoms with Gasteiger partial charge < -0.3 is 9.64 Å². The number of aromatic nitrogens is 4. The van der Waals surface area contributed by atoms with Crippen molar-refractivity contribution in [3.63, 3.8) is 0 Å². The zero-order chi connectivity index (χ0) is 14.5. The van der Waals surface area contributed by atoms with E-state index < -0.39 is 0 Å². The first kappa shape index (κ1) is 13.5. The van der Waals surface area contributed by atoms with Crippen LogP contribution in [0.15, 0.2) is 36.8 Å². The van der Waals surface area contributed by atoms with Crippen LogP contribution in [0.2, 0.25) is 0 Å². The Kier molecular flexibility index (Phi) is 4.09. The van der Waals surface area contributed by atoms with Gasteiger partial charge in [0.15, 0.2) is 0 Å². The summed E-state index contributed by atoms with van der Waals surface area (Å²) in [5, 5.41) is 11.7. The second-order valence-electron chi connectivity index (χ2n) is 4.96. The number of ether oxygens (including phenoxy) is 1. The minimum Gasteiger partial charge on any atom is -0.473 e. The topological polar surface area (TPSA) is 73.1 Å². The van der Waals surface area contributed by atoms with E-state index >= 15 is 0 Å². The Morgan fingerprint density at radius 1 is 1.29 bits per heavy atom. The van der Waals surface area contributed by atoms with E-state index in [4.69, 9.17) is 4.74 Å². The second kappa shape index (κ2) is 6.34. The van der Waals surface area contributed by atoms with Gasteiger partial charge in [-0.1, -0.05) is 0 Å². The molecule has 110 valence electrons. The molecule has 0 N–H and O–H groups in total. The quantitative estimate of drug-likeness (QED) is 0.829. The molecule has 7 nitrogen and oxygen atoms in total. The van der Waals surface area contributed by atoms with Gasteiger partial charge in [0.1, 0.15) is 12.6 Å². The number of piperidine rings is 1. The molecular weight excluding hydrogens is 270 g/mol. The van der Waals surface area contributed by atoms with Gasteiger partial charge in [-0.25, -0.2) is 0 Å². The molecule has 3 heterocycles. The highest BCUT2D eigenvalue weighted by molar-refractivity contribution is 5.76. The van der Waals surface area contributed by atoms with E-state index in [-0.39, 0.29) is 12.0 Å². The molecular formula is C14H17N5O2. The summed E-state index contributed by atoms with van der Waals surface area (Å²) >= 11 is 0. The molecule has 0 aromatic carbocycles. The fourth-order valence-corrected chi connectivity index (χ4v) is 2.38. The highest BCUT2D eigenvalue weighted by atomic mass is 16.5. The molecule has 0 bridgehead atoms. The van der Waals surface area contributed by atoms with E-state index in [0.717, 1.165) is 12.8 Å². The molecule has 0 atom stereocenters. The van der Waals surface area contributed by atoms with Crippen molar-refractivity contribution < 1.29 is 9.53 Å². The molecule has 0 unspecified atom stereocenters. The fraction of sp³-hybridized carbons (Fsp3) is 0.429. The summed E-state index contributed by atoms with van der Waals surface area (Å²) in [6, 6.07) is 5.40. The van der Waals surface area contributed by atoms with Crippen LogP contribution in [0.1, 0.15) is 12.8 Å². The van der Waals surface area contributed by atoms with Crippen molar-refractivity contribution in [2.24, 2.45) is 0 Å². The van der Waals surface area contributed by atoms with Crippen LogP contribution in [-0.4, -0.2) is 50.0 Å². The number of carbonyl (C=O) groups excluding carboxylic acids is 1.